The Hall–Kier alpha value is -0.810. The summed E-state index contributed by atoms with van der Waals surface area (Å²) in [5.41, 5.74) is 0.931. The number of hydrogen-bond acceptors (Lipinski definition) is 3. The average molecular weight is 317 g/mol. The number of halogens is 2. The summed E-state index contributed by atoms with van der Waals surface area (Å²) >= 11 is 12.1. The molecular formula is C14H18Cl2N2O2. The van der Waals surface area contributed by atoms with Crippen molar-refractivity contribution in [3.05, 3.63) is 33.8 Å². The minimum atomic E-state index is -0.293. The van der Waals surface area contributed by atoms with Crippen LogP contribution in [-0.4, -0.2) is 37.7 Å². The van der Waals surface area contributed by atoms with E-state index < -0.39 is 0 Å². The van der Waals surface area contributed by atoms with E-state index in [2.05, 4.69) is 10.6 Å². The fourth-order valence-corrected chi connectivity index (χ4v) is 2.61. The van der Waals surface area contributed by atoms with Gasteiger partial charge in [-0.25, -0.2) is 0 Å². The monoisotopic (exact) mass is 316 g/mol. The molecule has 2 rings (SSSR count). The molecule has 20 heavy (non-hydrogen) atoms. The smallest absolute Gasteiger partial charge is 0.239 e. The Morgan fingerprint density at radius 3 is 3.05 bits per heavy atom. The summed E-state index contributed by atoms with van der Waals surface area (Å²) in [5.74, 6) is -0.0460. The number of benzene rings is 1. The van der Waals surface area contributed by atoms with Crippen LogP contribution in [0, 0.1) is 0 Å². The van der Waals surface area contributed by atoms with E-state index in [1.807, 2.05) is 19.1 Å². The lowest BCUT2D eigenvalue weighted by Gasteiger charge is -2.29. The molecule has 6 heteroatoms. The molecule has 1 fully saturated rings. The molecule has 1 aromatic rings. The highest BCUT2D eigenvalue weighted by Crippen LogP contribution is 2.25. The maximum absolute atomic E-state index is 12.0. The molecule has 1 aromatic carbocycles. The lowest BCUT2D eigenvalue weighted by atomic mass is 10.1. The van der Waals surface area contributed by atoms with Crippen molar-refractivity contribution in [1.29, 1.82) is 0 Å². The highest BCUT2D eigenvalue weighted by atomic mass is 35.5. The summed E-state index contributed by atoms with van der Waals surface area (Å²) in [7, 11) is 0. The SMILES string of the molecule is C[C@H]1OCCN[C@@H]1C(=O)NCCc1cccc(Cl)c1Cl. The summed E-state index contributed by atoms with van der Waals surface area (Å²) in [6, 6.07) is 5.21. The van der Waals surface area contributed by atoms with Gasteiger partial charge < -0.3 is 15.4 Å². The first-order valence-electron chi connectivity index (χ1n) is 6.65. The van der Waals surface area contributed by atoms with Crippen LogP contribution >= 0.6 is 23.2 Å². The van der Waals surface area contributed by atoms with Gasteiger partial charge >= 0.3 is 0 Å². The number of morpholine rings is 1. The first kappa shape index (κ1) is 15.6. The first-order valence-corrected chi connectivity index (χ1v) is 7.41. The molecule has 0 spiro atoms. The first-order chi connectivity index (χ1) is 9.59. The Bertz CT molecular complexity index is 482. The van der Waals surface area contributed by atoms with Gasteiger partial charge in [0, 0.05) is 13.1 Å². The molecule has 0 aliphatic carbocycles. The van der Waals surface area contributed by atoms with Crippen molar-refractivity contribution in [2.45, 2.75) is 25.5 Å². The minimum absolute atomic E-state index is 0.0460. The maximum Gasteiger partial charge on any atom is 0.239 e. The topological polar surface area (TPSA) is 50.4 Å². The zero-order chi connectivity index (χ0) is 14.5. The standard InChI is InChI=1S/C14H18Cl2N2O2/c1-9-13(17-7-8-20-9)14(19)18-6-5-10-3-2-4-11(15)12(10)16/h2-4,9,13,17H,5-8H2,1H3,(H,18,19)/t9-,13+/m1/s1. The number of amides is 1. The van der Waals surface area contributed by atoms with Crippen LogP contribution in [0.2, 0.25) is 10.0 Å². The Labute approximate surface area is 128 Å². The van der Waals surface area contributed by atoms with Gasteiger partial charge in [0.25, 0.3) is 0 Å². The summed E-state index contributed by atoms with van der Waals surface area (Å²) in [6.45, 7) is 3.75. The van der Waals surface area contributed by atoms with E-state index in [4.69, 9.17) is 27.9 Å². The molecule has 0 unspecified atom stereocenters. The third-order valence-corrected chi connectivity index (χ3v) is 4.18. The van der Waals surface area contributed by atoms with Crippen molar-refractivity contribution >= 4 is 29.1 Å². The molecule has 110 valence electrons. The number of rotatable bonds is 4. The van der Waals surface area contributed by atoms with Crippen molar-refractivity contribution in [3.8, 4) is 0 Å². The lowest BCUT2D eigenvalue weighted by Crippen LogP contribution is -2.55. The van der Waals surface area contributed by atoms with Crippen LogP contribution in [-0.2, 0) is 16.0 Å². The van der Waals surface area contributed by atoms with Gasteiger partial charge in [0.1, 0.15) is 6.04 Å². The number of hydrogen-bond donors (Lipinski definition) is 2. The fraction of sp³-hybridized carbons (Fsp3) is 0.500. The van der Waals surface area contributed by atoms with Crippen molar-refractivity contribution in [1.82, 2.24) is 10.6 Å². The number of carbonyl (C=O) groups is 1. The van der Waals surface area contributed by atoms with E-state index in [1.54, 1.807) is 6.07 Å². The molecule has 0 bridgehead atoms. The van der Waals surface area contributed by atoms with E-state index in [9.17, 15) is 4.79 Å². The zero-order valence-corrected chi connectivity index (χ0v) is 12.8. The number of carbonyl (C=O) groups excluding carboxylic acids is 1. The lowest BCUT2D eigenvalue weighted by molar-refractivity contribution is -0.128. The van der Waals surface area contributed by atoms with E-state index in [-0.39, 0.29) is 18.1 Å². The molecule has 2 atom stereocenters. The largest absolute Gasteiger partial charge is 0.375 e. The highest BCUT2D eigenvalue weighted by Gasteiger charge is 2.27. The van der Waals surface area contributed by atoms with Gasteiger partial charge in [0.2, 0.25) is 5.91 Å². The van der Waals surface area contributed by atoms with Crippen LogP contribution in [0.4, 0.5) is 0 Å². The van der Waals surface area contributed by atoms with Crippen LogP contribution < -0.4 is 10.6 Å². The van der Waals surface area contributed by atoms with Gasteiger partial charge in [-0.15, -0.1) is 0 Å². The summed E-state index contributed by atoms with van der Waals surface area (Å²) < 4.78 is 5.45. The van der Waals surface area contributed by atoms with Crippen LogP contribution in [0.15, 0.2) is 18.2 Å². The molecule has 1 saturated heterocycles. The third-order valence-electron chi connectivity index (χ3n) is 3.32. The molecule has 0 radical (unpaired) electrons. The molecular weight excluding hydrogens is 299 g/mol. The molecule has 1 heterocycles. The molecule has 1 amide bonds. The summed E-state index contributed by atoms with van der Waals surface area (Å²) in [6.07, 6.45) is 0.533. The van der Waals surface area contributed by atoms with E-state index in [1.165, 1.54) is 0 Å². The molecule has 0 aromatic heterocycles. The van der Waals surface area contributed by atoms with Crippen molar-refractivity contribution < 1.29 is 9.53 Å². The van der Waals surface area contributed by atoms with E-state index >= 15 is 0 Å². The maximum atomic E-state index is 12.0. The van der Waals surface area contributed by atoms with Crippen molar-refractivity contribution in [2.75, 3.05) is 19.7 Å². The summed E-state index contributed by atoms with van der Waals surface area (Å²) in [4.78, 5) is 12.0. The minimum Gasteiger partial charge on any atom is -0.375 e. The van der Waals surface area contributed by atoms with Gasteiger partial charge in [0.15, 0.2) is 0 Å². The van der Waals surface area contributed by atoms with Gasteiger partial charge in [0.05, 0.1) is 22.8 Å². The van der Waals surface area contributed by atoms with Crippen LogP contribution in [0.1, 0.15) is 12.5 Å². The van der Waals surface area contributed by atoms with Crippen LogP contribution in [0.3, 0.4) is 0 Å². The molecule has 1 aliphatic rings. The van der Waals surface area contributed by atoms with Gasteiger partial charge in [-0.1, -0.05) is 35.3 Å². The van der Waals surface area contributed by atoms with Gasteiger partial charge in [-0.05, 0) is 25.0 Å². The third kappa shape index (κ3) is 3.85. The highest BCUT2D eigenvalue weighted by molar-refractivity contribution is 6.42. The van der Waals surface area contributed by atoms with Crippen LogP contribution in [0.25, 0.3) is 0 Å². The Balaban J connectivity index is 1.83. The number of nitrogens with one attached hydrogen (secondary N) is 2. The zero-order valence-electron chi connectivity index (χ0n) is 11.3. The molecule has 0 saturated carbocycles. The predicted octanol–water partition coefficient (Wildman–Crippen LogP) is 2.03. The Morgan fingerprint density at radius 2 is 2.30 bits per heavy atom. The summed E-state index contributed by atoms with van der Waals surface area (Å²) in [5, 5.41) is 7.13. The number of ether oxygens (including phenoxy) is 1. The van der Waals surface area contributed by atoms with Gasteiger partial charge in [-0.3, -0.25) is 4.79 Å². The fourth-order valence-electron chi connectivity index (χ4n) is 2.20. The van der Waals surface area contributed by atoms with E-state index in [0.29, 0.717) is 36.2 Å². The van der Waals surface area contributed by atoms with Crippen molar-refractivity contribution in [3.63, 3.8) is 0 Å². The average Bonchev–Trinajstić information content (AvgIpc) is 2.44. The molecule has 1 aliphatic heterocycles. The Morgan fingerprint density at radius 1 is 1.50 bits per heavy atom. The quantitative estimate of drug-likeness (QED) is 0.893. The predicted molar refractivity (Wildman–Crippen MR) is 80.4 cm³/mol. The normalized spacial score (nSPS) is 22.6. The van der Waals surface area contributed by atoms with Crippen LogP contribution in [0.5, 0.6) is 0 Å². The second-order valence-electron chi connectivity index (χ2n) is 4.76. The van der Waals surface area contributed by atoms with Gasteiger partial charge in [-0.2, -0.15) is 0 Å². The van der Waals surface area contributed by atoms with Crippen molar-refractivity contribution in [2.24, 2.45) is 0 Å². The van der Waals surface area contributed by atoms with E-state index in [0.717, 1.165) is 5.56 Å². The second-order valence-corrected chi connectivity index (χ2v) is 5.55. The molecule has 2 N–H and O–H groups in total. The second kappa shape index (κ2) is 7.27. The Kier molecular flexibility index (Phi) is 5.66. The molecule has 4 nitrogen and oxygen atoms in total.